The van der Waals surface area contributed by atoms with Crippen LogP contribution in [0.15, 0.2) is 18.3 Å². The summed E-state index contributed by atoms with van der Waals surface area (Å²) in [7, 11) is 0. The first-order valence-electron chi connectivity index (χ1n) is 4.25. The molecular formula is C10H7F3N2. The fourth-order valence-electron chi connectivity index (χ4n) is 1.34. The van der Waals surface area contributed by atoms with E-state index in [9.17, 15) is 13.2 Å². The fraction of sp³-hybridized carbons (Fsp3) is 0.100. The Bertz CT molecular complexity index is 505. The standard InChI is InChI=1S/C10H7F3N2/c1-5-4-14-15-10(5)6-2-3-7(11)9(13)8(6)12/h2-4H,1H3,(H,14,15). The normalized spacial score (nSPS) is 10.7. The number of hydrogen-bond donors (Lipinski definition) is 1. The number of halogens is 3. The number of nitrogens with zero attached hydrogens (tertiary/aromatic N) is 1. The van der Waals surface area contributed by atoms with E-state index in [1.807, 2.05) is 0 Å². The van der Waals surface area contributed by atoms with E-state index in [-0.39, 0.29) is 5.56 Å². The highest BCUT2D eigenvalue weighted by Crippen LogP contribution is 2.26. The van der Waals surface area contributed by atoms with Gasteiger partial charge in [0.1, 0.15) is 0 Å². The Labute approximate surface area is 83.7 Å². The van der Waals surface area contributed by atoms with Crippen LogP contribution in [0.25, 0.3) is 11.3 Å². The lowest BCUT2D eigenvalue weighted by Crippen LogP contribution is -1.94. The van der Waals surface area contributed by atoms with E-state index in [0.717, 1.165) is 6.07 Å². The molecule has 0 amide bonds. The van der Waals surface area contributed by atoms with Crippen LogP contribution in [0.2, 0.25) is 0 Å². The van der Waals surface area contributed by atoms with Crippen molar-refractivity contribution in [2.75, 3.05) is 0 Å². The molecule has 0 atom stereocenters. The first-order chi connectivity index (χ1) is 7.11. The number of aromatic nitrogens is 2. The van der Waals surface area contributed by atoms with Crippen LogP contribution < -0.4 is 0 Å². The largest absolute Gasteiger partial charge is 0.277 e. The predicted molar refractivity (Wildman–Crippen MR) is 48.6 cm³/mol. The maximum atomic E-state index is 13.3. The molecule has 0 fully saturated rings. The molecule has 0 aliphatic carbocycles. The molecule has 2 aromatic rings. The van der Waals surface area contributed by atoms with Crippen LogP contribution in [0.1, 0.15) is 5.56 Å². The highest BCUT2D eigenvalue weighted by molar-refractivity contribution is 5.63. The molecule has 5 heteroatoms. The Hall–Kier alpha value is -1.78. The zero-order chi connectivity index (χ0) is 11.0. The molecular weight excluding hydrogens is 205 g/mol. The predicted octanol–water partition coefficient (Wildman–Crippen LogP) is 2.80. The molecule has 2 rings (SSSR count). The minimum Gasteiger partial charge on any atom is -0.277 e. The van der Waals surface area contributed by atoms with Gasteiger partial charge in [0.15, 0.2) is 17.5 Å². The molecule has 1 N–H and O–H groups in total. The van der Waals surface area contributed by atoms with Crippen molar-refractivity contribution >= 4 is 0 Å². The molecule has 1 heterocycles. The van der Waals surface area contributed by atoms with Crippen molar-refractivity contribution in [2.45, 2.75) is 6.92 Å². The number of hydrogen-bond acceptors (Lipinski definition) is 1. The van der Waals surface area contributed by atoms with Crippen LogP contribution in [0, 0.1) is 24.4 Å². The average Bonchev–Trinajstić information content (AvgIpc) is 2.62. The summed E-state index contributed by atoms with van der Waals surface area (Å²) in [5.74, 6) is -3.88. The molecule has 0 radical (unpaired) electrons. The van der Waals surface area contributed by atoms with Gasteiger partial charge in [0.05, 0.1) is 11.9 Å². The quantitative estimate of drug-likeness (QED) is 0.723. The summed E-state index contributed by atoms with van der Waals surface area (Å²) in [4.78, 5) is 0. The lowest BCUT2D eigenvalue weighted by Gasteiger charge is -2.03. The Morgan fingerprint density at radius 1 is 1.13 bits per heavy atom. The van der Waals surface area contributed by atoms with Gasteiger partial charge in [0.25, 0.3) is 0 Å². The van der Waals surface area contributed by atoms with Gasteiger partial charge in [-0.15, -0.1) is 0 Å². The van der Waals surface area contributed by atoms with Crippen molar-refractivity contribution in [3.8, 4) is 11.3 Å². The third-order valence-corrected chi connectivity index (χ3v) is 2.13. The minimum atomic E-state index is -1.47. The van der Waals surface area contributed by atoms with Crippen molar-refractivity contribution in [3.05, 3.63) is 41.3 Å². The maximum Gasteiger partial charge on any atom is 0.195 e. The van der Waals surface area contributed by atoms with E-state index in [0.29, 0.717) is 11.3 Å². The highest BCUT2D eigenvalue weighted by atomic mass is 19.2. The molecule has 2 nitrogen and oxygen atoms in total. The second-order valence-corrected chi connectivity index (χ2v) is 3.15. The Morgan fingerprint density at radius 3 is 2.47 bits per heavy atom. The van der Waals surface area contributed by atoms with Crippen molar-refractivity contribution in [1.82, 2.24) is 10.2 Å². The van der Waals surface area contributed by atoms with Gasteiger partial charge in [-0.1, -0.05) is 0 Å². The number of nitrogens with one attached hydrogen (secondary N) is 1. The van der Waals surface area contributed by atoms with E-state index >= 15 is 0 Å². The van der Waals surface area contributed by atoms with Gasteiger partial charge < -0.3 is 0 Å². The van der Waals surface area contributed by atoms with Crippen molar-refractivity contribution in [3.63, 3.8) is 0 Å². The SMILES string of the molecule is Cc1cn[nH]c1-c1ccc(F)c(F)c1F. The zero-order valence-electron chi connectivity index (χ0n) is 7.81. The van der Waals surface area contributed by atoms with E-state index < -0.39 is 17.5 Å². The van der Waals surface area contributed by atoms with Gasteiger partial charge in [0.2, 0.25) is 0 Å². The Kier molecular flexibility index (Phi) is 2.22. The average molecular weight is 212 g/mol. The van der Waals surface area contributed by atoms with Crippen LogP contribution in [0.4, 0.5) is 13.2 Å². The Balaban J connectivity index is 2.65. The van der Waals surface area contributed by atoms with Gasteiger partial charge in [-0.2, -0.15) is 5.10 Å². The van der Waals surface area contributed by atoms with Gasteiger partial charge in [-0.25, -0.2) is 13.2 Å². The minimum absolute atomic E-state index is 0.0242. The molecule has 0 unspecified atom stereocenters. The highest BCUT2D eigenvalue weighted by Gasteiger charge is 2.16. The summed E-state index contributed by atoms with van der Waals surface area (Å²) in [6.45, 7) is 1.69. The van der Waals surface area contributed by atoms with Gasteiger partial charge in [-0.05, 0) is 24.6 Å². The van der Waals surface area contributed by atoms with Gasteiger partial charge in [0, 0.05) is 5.56 Å². The summed E-state index contributed by atoms with van der Waals surface area (Å²) >= 11 is 0. The first kappa shape index (κ1) is 9.76. The summed E-state index contributed by atoms with van der Waals surface area (Å²) in [6, 6.07) is 2.06. The topological polar surface area (TPSA) is 28.7 Å². The second kappa shape index (κ2) is 3.42. The third kappa shape index (κ3) is 1.49. The number of benzene rings is 1. The number of H-pyrrole nitrogens is 1. The lowest BCUT2D eigenvalue weighted by atomic mass is 10.1. The maximum absolute atomic E-state index is 13.3. The van der Waals surface area contributed by atoms with E-state index in [4.69, 9.17) is 0 Å². The van der Waals surface area contributed by atoms with Crippen molar-refractivity contribution in [2.24, 2.45) is 0 Å². The molecule has 15 heavy (non-hydrogen) atoms. The van der Waals surface area contributed by atoms with Crippen molar-refractivity contribution < 1.29 is 13.2 Å². The fourth-order valence-corrected chi connectivity index (χ4v) is 1.34. The van der Waals surface area contributed by atoms with Gasteiger partial charge >= 0.3 is 0 Å². The number of aromatic amines is 1. The molecule has 0 saturated heterocycles. The van der Waals surface area contributed by atoms with Crippen LogP contribution in [-0.4, -0.2) is 10.2 Å². The number of aryl methyl sites for hydroxylation is 1. The number of rotatable bonds is 1. The van der Waals surface area contributed by atoms with Gasteiger partial charge in [-0.3, -0.25) is 5.10 Å². The Morgan fingerprint density at radius 2 is 1.87 bits per heavy atom. The molecule has 0 aliphatic rings. The summed E-state index contributed by atoms with van der Waals surface area (Å²) in [5.41, 5.74) is 0.996. The summed E-state index contributed by atoms with van der Waals surface area (Å²) in [6.07, 6.45) is 1.48. The first-order valence-corrected chi connectivity index (χ1v) is 4.25. The lowest BCUT2D eigenvalue weighted by molar-refractivity contribution is 0.448. The van der Waals surface area contributed by atoms with Crippen molar-refractivity contribution in [1.29, 1.82) is 0 Å². The van der Waals surface area contributed by atoms with E-state index in [1.165, 1.54) is 12.3 Å². The molecule has 0 saturated carbocycles. The van der Waals surface area contributed by atoms with Crippen LogP contribution in [0.3, 0.4) is 0 Å². The van der Waals surface area contributed by atoms with E-state index in [1.54, 1.807) is 6.92 Å². The van der Waals surface area contributed by atoms with Crippen LogP contribution in [0.5, 0.6) is 0 Å². The molecule has 0 aliphatic heterocycles. The second-order valence-electron chi connectivity index (χ2n) is 3.15. The summed E-state index contributed by atoms with van der Waals surface area (Å²) < 4.78 is 38.9. The molecule has 1 aromatic heterocycles. The molecule has 0 spiro atoms. The van der Waals surface area contributed by atoms with Crippen LogP contribution in [-0.2, 0) is 0 Å². The monoisotopic (exact) mass is 212 g/mol. The third-order valence-electron chi connectivity index (χ3n) is 2.13. The van der Waals surface area contributed by atoms with Crippen LogP contribution >= 0.6 is 0 Å². The smallest absolute Gasteiger partial charge is 0.195 e. The summed E-state index contributed by atoms with van der Waals surface area (Å²) in [5, 5.41) is 6.21. The van der Waals surface area contributed by atoms with E-state index in [2.05, 4.69) is 10.2 Å². The molecule has 1 aromatic carbocycles. The molecule has 0 bridgehead atoms. The molecule has 78 valence electrons. The zero-order valence-corrected chi connectivity index (χ0v) is 7.81.